The van der Waals surface area contributed by atoms with Gasteiger partial charge in [0.25, 0.3) is 11.8 Å². The minimum Gasteiger partial charge on any atom is -0.352 e. The summed E-state index contributed by atoms with van der Waals surface area (Å²) in [6.45, 7) is 0.924. The fraction of sp³-hybridized carbons (Fsp3) is 0.136. The molecule has 0 saturated carbocycles. The molecule has 0 unspecified atom stereocenters. The van der Waals surface area contributed by atoms with Crippen LogP contribution in [0.5, 0.6) is 0 Å². The molecule has 2 aromatic carbocycles. The first-order valence-electron chi connectivity index (χ1n) is 8.91. The quantitative estimate of drug-likeness (QED) is 0.643. The fourth-order valence-electron chi connectivity index (χ4n) is 2.63. The van der Waals surface area contributed by atoms with E-state index in [1.54, 1.807) is 36.7 Å². The SMILES string of the molecule is O=C(NCCc1ccc(Cl)cc1)c1ccc(C(=O)NCc2cccnc2)cc1. The number of rotatable bonds is 7. The second-order valence-corrected chi connectivity index (χ2v) is 6.69. The fourth-order valence-corrected chi connectivity index (χ4v) is 2.76. The van der Waals surface area contributed by atoms with E-state index in [1.165, 1.54) is 0 Å². The molecule has 3 rings (SSSR count). The smallest absolute Gasteiger partial charge is 0.251 e. The summed E-state index contributed by atoms with van der Waals surface area (Å²) in [7, 11) is 0. The lowest BCUT2D eigenvalue weighted by molar-refractivity contribution is 0.0940. The minimum absolute atomic E-state index is 0.170. The number of amides is 2. The van der Waals surface area contributed by atoms with Crippen molar-refractivity contribution < 1.29 is 9.59 Å². The van der Waals surface area contributed by atoms with Crippen LogP contribution in [-0.4, -0.2) is 23.3 Å². The topological polar surface area (TPSA) is 71.1 Å². The van der Waals surface area contributed by atoms with Crippen molar-refractivity contribution in [3.8, 4) is 0 Å². The normalized spacial score (nSPS) is 10.3. The van der Waals surface area contributed by atoms with Crippen LogP contribution in [0.4, 0.5) is 0 Å². The molecule has 0 saturated heterocycles. The van der Waals surface area contributed by atoms with E-state index in [4.69, 9.17) is 11.6 Å². The van der Waals surface area contributed by atoms with E-state index in [2.05, 4.69) is 15.6 Å². The van der Waals surface area contributed by atoms with Gasteiger partial charge < -0.3 is 10.6 Å². The van der Waals surface area contributed by atoms with Crippen molar-refractivity contribution in [3.05, 3.63) is 100 Å². The molecular formula is C22H20ClN3O2. The number of pyridine rings is 1. The van der Waals surface area contributed by atoms with Crippen LogP contribution >= 0.6 is 11.6 Å². The number of hydrogen-bond acceptors (Lipinski definition) is 3. The van der Waals surface area contributed by atoms with E-state index in [1.807, 2.05) is 36.4 Å². The van der Waals surface area contributed by atoms with E-state index in [9.17, 15) is 9.59 Å². The summed E-state index contributed by atoms with van der Waals surface area (Å²) in [6.07, 6.45) is 4.11. The third kappa shape index (κ3) is 5.66. The number of nitrogens with zero attached hydrogens (tertiary/aromatic N) is 1. The van der Waals surface area contributed by atoms with Crippen molar-refractivity contribution in [2.24, 2.45) is 0 Å². The summed E-state index contributed by atoms with van der Waals surface area (Å²) in [5, 5.41) is 6.40. The third-order valence-electron chi connectivity index (χ3n) is 4.20. The van der Waals surface area contributed by atoms with Gasteiger partial charge in [-0.15, -0.1) is 0 Å². The summed E-state index contributed by atoms with van der Waals surface area (Å²) in [4.78, 5) is 28.5. The second-order valence-electron chi connectivity index (χ2n) is 6.25. The van der Waals surface area contributed by atoms with Crippen LogP contribution in [-0.2, 0) is 13.0 Å². The molecule has 0 aliphatic heterocycles. The van der Waals surface area contributed by atoms with Crippen LogP contribution in [0, 0.1) is 0 Å². The third-order valence-corrected chi connectivity index (χ3v) is 4.45. The lowest BCUT2D eigenvalue weighted by Gasteiger charge is -2.08. The molecule has 6 heteroatoms. The molecule has 0 fully saturated rings. The molecule has 142 valence electrons. The van der Waals surface area contributed by atoms with E-state index in [0.29, 0.717) is 29.2 Å². The van der Waals surface area contributed by atoms with Crippen LogP contribution in [0.2, 0.25) is 5.02 Å². The zero-order valence-electron chi connectivity index (χ0n) is 15.2. The van der Waals surface area contributed by atoms with Crippen LogP contribution in [0.25, 0.3) is 0 Å². The Morgan fingerprint density at radius 2 is 1.46 bits per heavy atom. The van der Waals surface area contributed by atoms with Gasteiger partial charge in [0.15, 0.2) is 0 Å². The molecule has 0 aliphatic carbocycles. The van der Waals surface area contributed by atoms with Crippen LogP contribution in [0.15, 0.2) is 73.1 Å². The van der Waals surface area contributed by atoms with Gasteiger partial charge in [-0.1, -0.05) is 29.8 Å². The molecule has 0 atom stereocenters. The zero-order valence-corrected chi connectivity index (χ0v) is 15.9. The summed E-state index contributed by atoms with van der Waals surface area (Å²) in [5.41, 5.74) is 3.04. The van der Waals surface area contributed by atoms with Crippen LogP contribution < -0.4 is 10.6 Å². The van der Waals surface area contributed by atoms with Crippen molar-refractivity contribution in [1.29, 1.82) is 0 Å². The maximum atomic E-state index is 12.2. The highest BCUT2D eigenvalue weighted by Crippen LogP contribution is 2.10. The van der Waals surface area contributed by atoms with E-state index < -0.39 is 0 Å². The summed E-state index contributed by atoms with van der Waals surface area (Å²) in [6, 6.07) is 17.8. The highest BCUT2D eigenvalue weighted by Gasteiger charge is 2.09. The van der Waals surface area contributed by atoms with Crippen molar-refractivity contribution >= 4 is 23.4 Å². The number of hydrogen-bond donors (Lipinski definition) is 2. The highest BCUT2D eigenvalue weighted by atomic mass is 35.5. The van der Waals surface area contributed by atoms with E-state index >= 15 is 0 Å². The average Bonchev–Trinajstić information content (AvgIpc) is 2.74. The Labute approximate surface area is 168 Å². The van der Waals surface area contributed by atoms with Gasteiger partial charge in [-0.3, -0.25) is 14.6 Å². The predicted molar refractivity (Wildman–Crippen MR) is 109 cm³/mol. The van der Waals surface area contributed by atoms with Crippen molar-refractivity contribution in [2.75, 3.05) is 6.54 Å². The Kier molecular flexibility index (Phi) is 6.76. The minimum atomic E-state index is -0.196. The first-order chi connectivity index (χ1) is 13.6. The molecule has 28 heavy (non-hydrogen) atoms. The number of benzene rings is 2. The average molecular weight is 394 g/mol. The molecule has 1 aromatic heterocycles. The summed E-state index contributed by atoms with van der Waals surface area (Å²) >= 11 is 5.86. The van der Waals surface area contributed by atoms with Crippen molar-refractivity contribution in [1.82, 2.24) is 15.6 Å². The van der Waals surface area contributed by atoms with Crippen molar-refractivity contribution in [2.45, 2.75) is 13.0 Å². The van der Waals surface area contributed by atoms with Crippen LogP contribution in [0.3, 0.4) is 0 Å². The molecule has 3 aromatic rings. The van der Waals surface area contributed by atoms with Crippen LogP contribution in [0.1, 0.15) is 31.8 Å². The maximum absolute atomic E-state index is 12.2. The lowest BCUT2D eigenvalue weighted by Crippen LogP contribution is -2.26. The largest absolute Gasteiger partial charge is 0.352 e. The van der Waals surface area contributed by atoms with E-state index in [0.717, 1.165) is 17.5 Å². The van der Waals surface area contributed by atoms with Gasteiger partial charge in [-0.25, -0.2) is 0 Å². The highest BCUT2D eigenvalue weighted by molar-refractivity contribution is 6.30. The predicted octanol–water partition coefficient (Wildman–Crippen LogP) is 3.64. The molecule has 5 nitrogen and oxygen atoms in total. The number of carbonyl (C=O) groups is 2. The number of carbonyl (C=O) groups excluding carboxylic acids is 2. The summed E-state index contributed by atoms with van der Waals surface area (Å²) < 4.78 is 0. The Bertz CT molecular complexity index is 926. The summed E-state index contributed by atoms with van der Waals surface area (Å²) in [5.74, 6) is -0.366. The van der Waals surface area contributed by atoms with Crippen molar-refractivity contribution in [3.63, 3.8) is 0 Å². The lowest BCUT2D eigenvalue weighted by atomic mass is 10.1. The van der Waals surface area contributed by atoms with Gasteiger partial charge in [0, 0.05) is 41.6 Å². The first-order valence-corrected chi connectivity index (χ1v) is 9.29. The molecule has 0 aliphatic rings. The number of aromatic nitrogens is 1. The molecule has 1 heterocycles. The Morgan fingerprint density at radius 3 is 2.07 bits per heavy atom. The zero-order chi connectivity index (χ0) is 19.8. The Hall–Kier alpha value is -3.18. The van der Waals surface area contributed by atoms with Gasteiger partial charge in [0.2, 0.25) is 0 Å². The van der Waals surface area contributed by atoms with Gasteiger partial charge in [0.1, 0.15) is 0 Å². The first kappa shape index (κ1) is 19.6. The standard InChI is InChI=1S/C22H20ClN3O2/c23-20-9-3-16(4-10-20)11-13-25-21(27)18-5-7-19(8-6-18)22(28)26-15-17-2-1-12-24-14-17/h1-10,12,14H,11,13,15H2,(H,25,27)(H,26,28). The van der Waals surface area contributed by atoms with Gasteiger partial charge in [-0.05, 0) is 60.0 Å². The maximum Gasteiger partial charge on any atom is 0.251 e. The van der Waals surface area contributed by atoms with E-state index in [-0.39, 0.29) is 11.8 Å². The molecule has 0 bridgehead atoms. The Balaban J connectivity index is 1.48. The molecule has 0 radical (unpaired) electrons. The number of halogens is 1. The second kappa shape index (κ2) is 9.67. The molecular weight excluding hydrogens is 374 g/mol. The monoisotopic (exact) mass is 393 g/mol. The van der Waals surface area contributed by atoms with Gasteiger partial charge in [0.05, 0.1) is 0 Å². The number of nitrogens with one attached hydrogen (secondary N) is 2. The van der Waals surface area contributed by atoms with Gasteiger partial charge in [-0.2, -0.15) is 0 Å². The molecule has 2 N–H and O–H groups in total. The Morgan fingerprint density at radius 1 is 0.821 bits per heavy atom. The molecule has 0 spiro atoms. The van der Waals surface area contributed by atoms with Gasteiger partial charge >= 0.3 is 0 Å². The molecule has 2 amide bonds.